The Balaban J connectivity index is 2.15. The number of hydrogen-bond acceptors (Lipinski definition) is 0. The lowest BCUT2D eigenvalue weighted by molar-refractivity contribution is 0.405. The summed E-state index contributed by atoms with van der Waals surface area (Å²) in [6.07, 6.45) is 11.3. The molecule has 0 nitrogen and oxygen atoms in total. The maximum Gasteiger partial charge on any atom is -0.0142 e. The summed E-state index contributed by atoms with van der Waals surface area (Å²) in [7, 11) is 0. The van der Waals surface area contributed by atoms with Gasteiger partial charge in [-0.3, -0.25) is 0 Å². The molecule has 1 saturated carbocycles. The van der Waals surface area contributed by atoms with Crippen molar-refractivity contribution in [1.29, 1.82) is 0 Å². The molecule has 0 saturated heterocycles. The molecule has 1 aliphatic rings. The van der Waals surface area contributed by atoms with Crippen molar-refractivity contribution in [3.8, 4) is 0 Å². The van der Waals surface area contributed by atoms with Gasteiger partial charge >= 0.3 is 0 Å². The zero-order valence-electron chi connectivity index (χ0n) is 5.97. The lowest BCUT2D eigenvalue weighted by atomic mass is 9.87. The van der Waals surface area contributed by atoms with Crippen molar-refractivity contribution >= 4 is 0 Å². The van der Waals surface area contributed by atoms with Gasteiger partial charge in [-0.05, 0) is 25.2 Å². The summed E-state index contributed by atoms with van der Waals surface area (Å²) >= 11 is 0. The molecule has 0 aromatic rings. The minimum atomic E-state index is 0.858. The minimum absolute atomic E-state index is 0.858. The van der Waals surface area contributed by atoms with Gasteiger partial charge in [-0.15, -0.1) is 6.58 Å². The SMILES string of the molecule is C=C[CH]C1CCCCC1. The van der Waals surface area contributed by atoms with Crippen LogP contribution in [0.2, 0.25) is 0 Å². The fraction of sp³-hybridized carbons (Fsp3) is 0.667. The van der Waals surface area contributed by atoms with Crippen LogP contribution in [0.25, 0.3) is 0 Å². The number of rotatable bonds is 2. The predicted molar refractivity (Wildman–Crippen MR) is 41.1 cm³/mol. The van der Waals surface area contributed by atoms with Crippen molar-refractivity contribution in [1.82, 2.24) is 0 Å². The molecule has 0 aliphatic heterocycles. The lowest BCUT2D eigenvalue weighted by Gasteiger charge is -2.18. The molecule has 0 amide bonds. The first kappa shape index (κ1) is 6.85. The van der Waals surface area contributed by atoms with Crippen molar-refractivity contribution in [3.05, 3.63) is 19.1 Å². The second kappa shape index (κ2) is 3.71. The smallest absolute Gasteiger partial charge is 0.0142 e. The predicted octanol–water partition coefficient (Wildman–Crippen LogP) is 2.96. The minimum Gasteiger partial charge on any atom is -0.103 e. The average molecular weight is 123 g/mol. The molecule has 0 bridgehead atoms. The molecule has 9 heavy (non-hydrogen) atoms. The van der Waals surface area contributed by atoms with Crippen LogP contribution in [0.5, 0.6) is 0 Å². The maximum atomic E-state index is 3.70. The van der Waals surface area contributed by atoms with Crippen LogP contribution in [0.3, 0.4) is 0 Å². The highest BCUT2D eigenvalue weighted by molar-refractivity contribution is 4.93. The van der Waals surface area contributed by atoms with Crippen LogP contribution in [-0.2, 0) is 0 Å². The van der Waals surface area contributed by atoms with Crippen molar-refractivity contribution in [2.75, 3.05) is 0 Å². The van der Waals surface area contributed by atoms with E-state index in [4.69, 9.17) is 0 Å². The molecular weight excluding hydrogens is 108 g/mol. The molecule has 0 atom stereocenters. The van der Waals surface area contributed by atoms with E-state index >= 15 is 0 Å². The summed E-state index contributed by atoms with van der Waals surface area (Å²) in [6, 6.07) is 0. The van der Waals surface area contributed by atoms with Gasteiger partial charge in [0.15, 0.2) is 0 Å². The van der Waals surface area contributed by atoms with Crippen LogP contribution >= 0.6 is 0 Å². The van der Waals surface area contributed by atoms with Crippen LogP contribution in [0, 0.1) is 12.3 Å². The Morgan fingerprint density at radius 2 is 1.78 bits per heavy atom. The lowest BCUT2D eigenvalue weighted by Crippen LogP contribution is -2.04. The third-order valence-electron chi connectivity index (χ3n) is 2.06. The molecule has 0 heteroatoms. The molecule has 1 aliphatic carbocycles. The van der Waals surface area contributed by atoms with Gasteiger partial charge in [-0.25, -0.2) is 0 Å². The first-order chi connectivity index (χ1) is 4.43. The third-order valence-corrected chi connectivity index (χ3v) is 2.06. The molecule has 0 N–H and O–H groups in total. The molecule has 0 heterocycles. The van der Waals surface area contributed by atoms with E-state index in [-0.39, 0.29) is 0 Å². The highest BCUT2D eigenvalue weighted by Gasteiger charge is 2.10. The quantitative estimate of drug-likeness (QED) is 0.529. The van der Waals surface area contributed by atoms with Gasteiger partial charge in [0.25, 0.3) is 0 Å². The Hall–Kier alpha value is -0.260. The van der Waals surface area contributed by atoms with Gasteiger partial charge in [-0.1, -0.05) is 25.3 Å². The number of allylic oxidation sites excluding steroid dienone is 1. The van der Waals surface area contributed by atoms with Crippen molar-refractivity contribution < 1.29 is 0 Å². The first-order valence-corrected chi connectivity index (χ1v) is 3.89. The topological polar surface area (TPSA) is 0 Å². The molecular formula is C9H15. The van der Waals surface area contributed by atoms with Crippen molar-refractivity contribution in [2.24, 2.45) is 5.92 Å². The summed E-state index contributed by atoms with van der Waals surface area (Å²) in [4.78, 5) is 0. The van der Waals surface area contributed by atoms with E-state index in [0.29, 0.717) is 0 Å². The summed E-state index contributed by atoms with van der Waals surface area (Å²) < 4.78 is 0. The second-order valence-electron chi connectivity index (χ2n) is 2.83. The first-order valence-electron chi connectivity index (χ1n) is 3.89. The highest BCUT2D eigenvalue weighted by Crippen LogP contribution is 2.25. The van der Waals surface area contributed by atoms with Gasteiger partial charge in [0.2, 0.25) is 0 Å². The fourth-order valence-corrected chi connectivity index (χ4v) is 1.52. The molecule has 0 aromatic carbocycles. The summed E-state index contributed by atoms with van der Waals surface area (Å²) in [5.74, 6) is 0.858. The average Bonchev–Trinajstić information content (AvgIpc) is 1.91. The van der Waals surface area contributed by atoms with E-state index in [1.165, 1.54) is 32.1 Å². The van der Waals surface area contributed by atoms with Gasteiger partial charge in [-0.2, -0.15) is 0 Å². The van der Waals surface area contributed by atoms with Crippen molar-refractivity contribution in [2.45, 2.75) is 32.1 Å². The van der Waals surface area contributed by atoms with Gasteiger partial charge < -0.3 is 0 Å². The Kier molecular flexibility index (Phi) is 2.82. The molecule has 1 radical (unpaired) electrons. The zero-order chi connectivity index (χ0) is 6.53. The van der Waals surface area contributed by atoms with E-state index < -0.39 is 0 Å². The third kappa shape index (κ3) is 2.21. The Labute approximate surface area is 58.0 Å². The van der Waals surface area contributed by atoms with Crippen LogP contribution in [0.1, 0.15) is 32.1 Å². The van der Waals surface area contributed by atoms with Gasteiger partial charge in [0, 0.05) is 0 Å². The van der Waals surface area contributed by atoms with Crippen molar-refractivity contribution in [3.63, 3.8) is 0 Å². The molecule has 0 unspecified atom stereocenters. The standard InChI is InChI=1S/C9H15/c1-2-6-9-7-4-3-5-8-9/h2,6,9H,1,3-5,7-8H2. The summed E-state index contributed by atoms with van der Waals surface area (Å²) in [6.45, 7) is 3.70. The largest absolute Gasteiger partial charge is 0.103 e. The monoisotopic (exact) mass is 123 g/mol. The summed E-state index contributed by atoms with van der Waals surface area (Å²) in [5.41, 5.74) is 0. The number of hydrogen-bond donors (Lipinski definition) is 0. The van der Waals surface area contributed by atoms with E-state index in [0.717, 1.165) is 5.92 Å². The van der Waals surface area contributed by atoms with Crippen LogP contribution in [0.4, 0.5) is 0 Å². The molecule has 0 spiro atoms. The highest BCUT2D eigenvalue weighted by atomic mass is 14.2. The Bertz CT molecular complexity index is 78.0. The van der Waals surface area contributed by atoms with Crippen LogP contribution in [0.15, 0.2) is 12.7 Å². The molecule has 51 valence electrons. The normalized spacial score (nSPS) is 21.8. The zero-order valence-corrected chi connectivity index (χ0v) is 5.97. The summed E-state index contributed by atoms with van der Waals surface area (Å²) in [5, 5.41) is 0. The Morgan fingerprint density at radius 3 is 2.33 bits per heavy atom. The fourth-order valence-electron chi connectivity index (χ4n) is 1.52. The van der Waals surface area contributed by atoms with Gasteiger partial charge in [0.05, 0.1) is 0 Å². The van der Waals surface area contributed by atoms with E-state index in [1.807, 2.05) is 6.08 Å². The van der Waals surface area contributed by atoms with E-state index in [9.17, 15) is 0 Å². The van der Waals surface area contributed by atoms with Crippen LogP contribution in [-0.4, -0.2) is 0 Å². The Morgan fingerprint density at radius 1 is 1.11 bits per heavy atom. The molecule has 1 fully saturated rings. The van der Waals surface area contributed by atoms with Gasteiger partial charge in [0.1, 0.15) is 0 Å². The molecule has 0 aromatic heterocycles. The van der Waals surface area contributed by atoms with Crippen LogP contribution < -0.4 is 0 Å². The van der Waals surface area contributed by atoms with E-state index in [1.54, 1.807) is 0 Å². The molecule has 1 rings (SSSR count). The maximum absolute atomic E-state index is 3.70. The second-order valence-corrected chi connectivity index (χ2v) is 2.83. The van der Waals surface area contributed by atoms with E-state index in [2.05, 4.69) is 13.0 Å².